The van der Waals surface area contributed by atoms with Gasteiger partial charge in [0.2, 0.25) is 0 Å². The smallest absolute Gasteiger partial charge is 0.00508 e. The Morgan fingerprint density at radius 1 is 1.17 bits per heavy atom. The van der Waals surface area contributed by atoms with Crippen LogP contribution in [0, 0.1) is 11.3 Å². The van der Waals surface area contributed by atoms with Gasteiger partial charge in [0.05, 0.1) is 0 Å². The average Bonchev–Trinajstić information content (AvgIpc) is 2.73. The normalized spacial score (nSPS) is 20.5. The fourth-order valence-electron chi connectivity index (χ4n) is 3.60. The lowest BCUT2D eigenvalue weighted by Gasteiger charge is -2.31. The highest BCUT2D eigenvalue weighted by atomic mass is 14.9. The van der Waals surface area contributed by atoms with Crippen molar-refractivity contribution in [2.45, 2.75) is 78.2 Å². The van der Waals surface area contributed by atoms with Gasteiger partial charge in [0.1, 0.15) is 0 Å². The molecule has 0 spiro atoms. The number of nitrogens with one attached hydrogen (secondary N) is 1. The van der Waals surface area contributed by atoms with Crippen molar-refractivity contribution in [1.82, 2.24) is 5.32 Å². The first-order valence-electron chi connectivity index (χ1n) is 8.04. The zero-order chi connectivity index (χ0) is 13.4. The monoisotopic (exact) mass is 254 g/mol. The van der Waals surface area contributed by atoms with Crippen molar-refractivity contribution in [3.63, 3.8) is 0 Å². The molecule has 1 rings (SSSR count). The van der Waals surface area contributed by atoms with Gasteiger partial charge in [0.25, 0.3) is 0 Å². The molecule has 0 aromatic carbocycles. The molecular formula is C16H34N2. The molecule has 1 unspecified atom stereocenters. The topological polar surface area (TPSA) is 38.0 Å². The number of rotatable bonds is 9. The third-order valence-corrected chi connectivity index (χ3v) is 4.36. The van der Waals surface area contributed by atoms with E-state index < -0.39 is 0 Å². The number of nitrogens with two attached hydrogens (primary N) is 1. The molecule has 0 aromatic rings. The quantitative estimate of drug-likeness (QED) is 0.616. The molecular weight excluding hydrogens is 220 g/mol. The summed E-state index contributed by atoms with van der Waals surface area (Å²) >= 11 is 0. The van der Waals surface area contributed by atoms with Crippen LogP contribution in [-0.4, -0.2) is 19.1 Å². The molecule has 1 atom stereocenters. The second-order valence-electron chi connectivity index (χ2n) is 6.82. The molecule has 3 N–H and O–H groups in total. The minimum atomic E-state index is 0.395. The highest BCUT2D eigenvalue weighted by molar-refractivity contribution is 4.87. The second-order valence-corrected chi connectivity index (χ2v) is 6.82. The van der Waals surface area contributed by atoms with Gasteiger partial charge in [0, 0.05) is 12.6 Å². The van der Waals surface area contributed by atoms with Crippen LogP contribution in [0.2, 0.25) is 0 Å². The Kier molecular flexibility index (Phi) is 7.25. The van der Waals surface area contributed by atoms with Crippen LogP contribution in [0.1, 0.15) is 72.1 Å². The van der Waals surface area contributed by atoms with E-state index >= 15 is 0 Å². The molecule has 0 aliphatic heterocycles. The van der Waals surface area contributed by atoms with Crippen molar-refractivity contribution in [2.75, 3.05) is 13.1 Å². The van der Waals surface area contributed by atoms with E-state index in [2.05, 4.69) is 26.1 Å². The number of hydrogen-bond donors (Lipinski definition) is 2. The van der Waals surface area contributed by atoms with Gasteiger partial charge in [-0.3, -0.25) is 0 Å². The predicted octanol–water partition coefficient (Wildman–Crippen LogP) is 3.70. The lowest BCUT2D eigenvalue weighted by atomic mass is 9.78. The third-order valence-electron chi connectivity index (χ3n) is 4.36. The van der Waals surface area contributed by atoms with Crippen LogP contribution < -0.4 is 11.1 Å². The molecule has 2 heteroatoms. The average molecular weight is 254 g/mol. The van der Waals surface area contributed by atoms with Crippen molar-refractivity contribution in [2.24, 2.45) is 17.1 Å². The summed E-state index contributed by atoms with van der Waals surface area (Å²) in [5.41, 5.74) is 6.65. The van der Waals surface area contributed by atoms with Crippen molar-refractivity contribution in [3.8, 4) is 0 Å². The molecule has 108 valence electrons. The summed E-state index contributed by atoms with van der Waals surface area (Å²) in [6, 6.07) is 0.395. The maximum absolute atomic E-state index is 6.05. The maximum atomic E-state index is 6.05. The van der Waals surface area contributed by atoms with E-state index in [0.717, 1.165) is 18.9 Å². The summed E-state index contributed by atoms with van der Waals surface area (Å²) in [5.74, 6) is 0.826. The Morgan fingerprint density at radius 3 is 2.39 bits per heavy atom. The van der Waals surface area contributed by atoms with E-state index in [1.54, 1.807) is 0 Å². The Morgan fingerprint density at radius 2 is 1.83 bits per heavy atom. The van der Waals surface area contributed by atoms with Gasteiger partial charge in [-0.1, -0.05) is 40.0 Å². The van der Waals surface area contributed by atoms with Gasteiger partial charge in [0.15, 0.2) is 0 Å². The zero-order valence-electron chi connectivity index (χ0n) is 12.8. The molecule has 0 saturated heterocycles. The summed E-state index contributed by atoms with van der Waals surface area (Å²) < 4.78 is 0. The van der Waals surface area contributed by atoms with Crippen LogP contribution in [0.15, 0.2) is 0 Å². The highest BCUT2D eigenvalue weighted by Crippen LogP contribution is 2.42. The van der Waals surface area contributed by atoms with E-state index in [1.165, 1.54) is 51.5 Å². The van der Waals surface area contributed by atoms with Crippen molar-refractivity contribution in [3.05, 3.63) is 0 Å². The molecule has 1 aliphatic rings. The molecule has 0 aromatic heterocycles. The molecule has 2 nitrogen and oxygen atoms in total. The Labute approximate surface area is 114 Å². The lowest BCUT2D eigenvalue weighted by Crippen LogP contribution is -2.35. The van der Waals surface area contributed by atoms with Gasteiger partial charge >= 0.3 is 0 Å². The fourth-order valence-corrected chi connectivity index (χ4v) is 3.60. The SMILES string of the molecule is CCCC(N)CCNCC1(CC(C)C)CCCC1. The Bertz CT molecular complexity index is 207. The van der Waals surface area contributed by atoms with Gasteiger partial charge in [-0.2, -0.15) is 0 Å². The molecule has 0 radical (unpaired) electrons. The van der Waals surface area contributed by atoms with Crippen LogP contribution in [0.4, 0.5) is 0 Å². The standard InChI is InChI=1S/C16H34N2/c1-4-7-15(17)8-11-18-13-16(12-14(2)3)9-5-6-10-16/h14-15,18H,4-13,17H2,1-3H3. The largest absolute Gasteiger partial charge is 0.328 e. The molecule has 0 bridgehead atoms. The summed E-state index contributed by atoms with van der Waals surface area (Å²) in [6.07, 6.45) is 10.6. The Hall–Kier alpha value is -0.0800. The summed E-state index contributed by atoms with van der Waals surface area (Å²) in [7, 11) is 0. The van der Waals surface area contributed by atoms with Gasteiger partial charge in [-0.15, -0.1) is 0 Å². The van der Waals surface area contributed by atoms with Gasteiger partial charge in [-0.05, 0) is 50.0 Å². The van der Waals surface area contributed by atoms with Crippen LogP contribution in [0.5, 0.6) is 0 Å². The van der Waals surface area contributed by atoms with Crippen molar-refractivity contribution < 1.29 is 0 Å². The minimum absolute atomic E-state index is 0.395. The first kappa shape index (κ1) is 16.0. The highest BCUT2D eigenvalue weighted by Gasteiger charge is 2.33. The zero-order valence-corrected chi connectivity index (χ0v) is 12.8. The van der Waals surface area contributed by atoms with E-state index in [9.17, 15) is 0 Å². The van der Waals surface area contributed by atoms with E-state index in [4.69, 9.17) is 5.73 Å². The molecule has 1 fully saturated rings. The third kappa shape index (κ3) is 5.71. The lowest BCUT2D eigenvalue weighted by molar-refractivity contribution is 0.223. The van der Waals surface area contributed by atoms with Crippen LogP contribution in [0.3, 0.4) is 0 Å². The van der Waals surface area contributed by atoms with Gasteiger partial charge in [-0.25, -0.2) is 0 Å². The molecule has 1 aliphatic carbocycles. The van der Waals surface area contributed by atoms with E-state index in [1.807, 2.05) is 0 Å². The van der Waals surface area contributed by atoms with Crippen LogP contribution >= 0.6 is 0 Å². The van der Waals surface area contributed by atoms with E-state index in [0.29, 0.717) is 11.5 Å². The fraction of sp³-hybridized carbons (Fsp3) is 1.00. The van der Waals surface area contributed by atoms with Crippen molar-refractivity contribution >= 4 is 0 Å². The molecule has 0 heterocycles. The van der Waals surface area contributed by atoms with Crippen LogP contribution in [-0.2, 0) is 0 Å². The number of hydrogen-bond acceptors (Lipinski definition) is 2. The molecule has 0 amide bonds. The first-order valence-corrected chi connectivity index (χ1v) is 8.04. The summed E-state index contributed by atoms with van der Waals surface area (Å²) in [6.45, 7) is 9.24. The first-order chi connectivity index (χ1) is 8.58. The minimum Gasteiger partial charge on any atom is -0.328 e. The van der Waals surface area contributed by atoms with Gasteiger partial charge < -0.3 is 11.1 Å². The predicted molar refractivity (Wildman–Crippen MR) is 80.7 cm³/mol. The Balaban J connectivity index is 2.22. The van der Waals surface area contributed by atoms with E-state index in [-0.39, 0.29) is 0 Å². The molecule has 1 saturated carbocycles. The summed E-state index contributed by atoms with van der Waals surface area (Å²) in [5, 5.41) is 3.68. The second kappa shape index (κ2) is 8.16. The maximum Gasteiger partial charge on any atom is 0.00508 e. The summed E-state index contributed by atoms with van der Waals surface area (Å²) in [4.78, 5) is 0. The van der Waals surface area contributed by atoms with Crippen molar-refractivity contribution in [1.29, 1.82) is 0 Å². The molecule has 18 heavy (non-hydrogen) atoms. The van der Waals surface area contributed by atoms with Crippen LogP contribution in [0.25, 0.3) is 0 Å².